The van der Waals surface area contributed by atoms with E-state index in [-0.39, 0.29) is 30.1 Å². The number of hydrogen-bond acceptors (Lipinski definition) is 5. The van der Waals surface area contributed by atoms with Gasteiger partial charge >= 0.3 is 6.09 Å². The van der Waals surface area contributed by atoms with Crippen LogP contribution in [0.3, 0.4) is 0 Å². The Labute approximate surface area is 196 Å². The van der Waals surface area contributed by atoms with Crippen LogP contribution in [0, 0.1) is 19.8 Å². The molecule has 1 saturated heterocycles. The Bertz CT molecular complexity index is 659. The summed E-state index contributed by atoms with van der Waals surface area (Å²) >= 11 is 1.70. The number of ether oxygens (including phenoxy) is 1. The maximum atomic E-state index is 12.2. The number of aryl methyl sites for hydroxylation is 2. The van der Waals surface area contributed by atoms with Gasteiger partial charge in [-0.15, -0.1) is 35.3 Å². The third-order valence-corrected chi connectivity index (χ3v) is 5.67. The van der Waals surface area contributed by atoms with Crippen molar-refractivity contribution in [1.29, 1.82) is 0 Å². The first kappa shape index (κ1) is 25.9. The third kappa shape index (κ3) is 9.06. The lowest BCUT2D eigenvalue weighted by Crippen LogP contribution is -2.45. The van der Waals surface area contributed by atoms with Crippen LogP contribution in [-0.4, -0.2) is 53.7 Å². The summed E-state index contributed by atoms with van der Waals surface area (Å²) in [5.41, 5.74) is 0.645. The number of rotatable bonds is 5. The van der Waals surface area contributed by atoms with Crippen molar-refractivity contribution in [1.82, 2.24) is 20.5 Å². The molecule has 7 nitrogen and oxygen atoms in total. The molecule has 9 heteroatoms. The third-order valence-electron chi connectivity index (χ3n) is 4.61. The Hall–Kier alpha value is -1.10. The lowest BCUT2D eigenvalue weighted by molar-refractivity contribution is 0.0185. The number of carbonyl (C=O) groups excluding carboxylic acids is 1. The molecule has 0 aliphatic carbocycles. The van der Waals surface area contributed by atoms with Gasteiger partial charge in [0.2, 0.25) is 0 Å². The minimum atomic E-state index is -0.443. The van der Waals surface area contributed by atoms with Gasteiger partial charge < -0.3 is 20.3 Å². The van der Waals surface area contributed by atoms with Crippen molar-refractivity contribution in [3.63, 3.8) is 0 Å². The fourth-order valence-corrected chi connectivity index (χ4v) is 3.84. The average molecular weight is 538 g/mol. The molecule has 166 valence electrons. The Morgan fingerprint density at radius 1 is 1.28 bits per heavy atom. The minimum absolute atomic E-state index is 0. The quantitative estimate of drug-likeness (QED) is 0.336. The molecule has 0 radical (unpaired) electrons. The minimum Gasteiger partial charge on any atom is -0.444 e. The number of carbonyl (C=O) groups is 1. The predicted octanol–water partition coefficient (Wildman–Crippen LogP) is 4.08. The molecule has 2 N–H and O–H groups in total. The van der Waals surface area contributed by atoms with Crippen LogP contribution < -0.4 is 10.6 Å². The van der Waals surface area contributed by atoms with E-state index in [0.29, 0.717) is 12.5 Å². The summed E-state index contributed by atoms with van der Waals surface area (Å²) in [5, 5.41) is 7.78. The highest BCUT2D eigenvalue weighted by atomic mass is 127. The molecular formula is C20H36IN5O2S. The van der Waals surface area contributed by atoms with E-state index < -0.39 is 5.60 Å². The zero-order chi connectivity index (χ0) is 20.7. The van der Waals surface area contributed by atoms with Crippen molar-refractivity contribution in [3.05, 3.63) is 15.6 Å². The summed E-state index contributed by atoms with van der Waals surface area (Å²) in [6.07, 6.45) is 1.73. The topological polar surface area (TPSA) is 78.9 Å². The van der Waals surface area contributed by atoms with Gasteiger partial charge in [0.25, 0.3) is 0 Å². The van der Waals surface area contributed by atoms with Crippen LogP contribution in [0.25, 0.3) is 0 Å². The van der Waals surface area contributed by atoms with E-state index in [1.165, 1.54) is 4.88 Å². The van der Waals surface area contributed by atoms with Gasteiger partial charge in [0.15, 0.2) is 5.96 Å². The predicted molar refractivity (Wildman–Crippen MR) is 130 cm³/mol. The fourth-order valence-electron chi connectivity index (χ4n) is 2.98. The number of halogens is 1. The van der Waals surface area contributed by atoms with Gasteiger partial charge in [-0.3, -0.25) is 0 Å². The maximum absolute atomic E-state index is 12.2. The van der Waals surface area contributed by atoms with Gasteiger partial charge in [-0.1, -0.05) is 0 Å². The number of likely N-dealkylation sites (tertiary alicyclic amines) is 1. The fraction of sp³-hybridized carbons (Fsp3) is 0.750. The summed E-state index contributed by atoms with van der Waals surface area (Å²) in [7, 11) is 0. The lowest BCUT2D eigenvalue weighted by Gasteiger charge is -2.33. The van der Waals surface area contributed by atoms with Crippen LogP contribution in [-0.2, 0) is 11.3 Å². The molecule has 0 unspecified atom stereocenters. The molecule has 0 aromatic carbocycles. The van der Waals surface area contributed by atoms with Crippen LogP contribution in [0.1, 0.15) is 56.1 Å². The molecule has 1 aromatic heterocycles. The molecule has 29 heavy (non-hydrogen) atoms. The maximum Gasteiger partial charge on any atom is 0.410 e. The number of thiazole rings is 1. The summed E-state index contributed by atoms with van der Waals surface area (Å²) < 4.78 is 5.46. The molecule has 0 saturated carbocycles. The van der Waals surface area contributed by atoms with Crippen molar-refractivity contribution in [3.8, 4) is 0 Å². The zero-order valence-electron chi connectivity index (χ0n) is 18.5. The van der Waals surface area contributed by atoms with Gasteiger partial charge in [0, 0.05) is 31.1 Å². The molecule has 2 rings (SSSR count). The van der Waals surface area contributed by atoms with Gasteiger partial charge in [-0.2, -0.15) is 0 Å². The Morgan fingerprint density at radius 3 is 2.45 bits per heavy atom. The van der Waals surface area contributed by atoms with E-state index in [1.807, 2.05) is 32.6 Å². The highest BCUT2D eigenvalue weighted by Gasteiger charge is 2.26. The number of hydrogen-bond donors (Lipinski definition) is 2. The second-order valence-electron chi connectivity index (χ2n) is 8.24. The Kier molecular flexibility index (Phi) is 10.7. The van der Waals surface area contributed by atoms with Gasteiger partial charge in [-0.05, 0) is 60.3 Å². The molecule has 0 atom stereocenters. The van der Waals surface area contributed by atoms with Crippen LogP contribution in [0.2, 0.25) is 0 Å². The molecule has 2 heterocycles. The summed E-state index contributed by atoms with van der Waals surface area (Å²) in [5.74, 6) is 1.34. The van der Waals surface area contributed by atoms with Crippen molar-refractivity contribution >= 4 is 47.4 Å². The van der Waals surface area contributed by atoms with E-state index in [2.05, 4.69) is 34.5 Å². The van der Waals surface area contributed by atoms with Gasteiger partial charge in [0.05, 0.1) is 12.2 Å². The first-order chi connectivity index (χ1) is 13.2. The number of piperidine rings is 1. The number of aromatic nitrogens is 1. The molecule has 0 bridgehead atoms. The van der Waals surface area contributed by atoms with Crippen molar-refractivity contribution < 1.29 is 9.53 Å². The lowest BCUT2D eigenvalue weighted by atomic mass is 9.97. The number of aliphatic imine (C=N–C) groups is 1. The molecule has 1 amide bonds. The summed E-state index contributed by atoms with van der Waals surface area (Å²) in [6.45, 7) is 15.6. The Morgan fingerprint density at radius 2 is 1.93 bits per heavy atom. The number of nitrogens with zero attached hydrogens (tertiary/aromatic N) is 3. The SMILES string of the molecule is CCNC(=NCc1nc(C)c(C)s1)NCC1CCN(C(=O)OC(C)(C)C)CC1.I. The van der Waals surface area contributed by atoms with Crippen LogP contribution in [0.4, 0.5) is 4.79 Å². The van der Waals surface area contributed by atoms with Crippen LogP contribution in [0.15, 0.2) is 4.99 Å². The van der Waals surface area contributed by atoms with E-state index in [1.54, 1.807) is 11.3 Å². The van der Waals surface area contributed by atoms with Crippen LogP contribution >= 0.6 is 35.3 Å². The molecular weight excluding hydrogens is 501 g/mol. The van der Waals surface area contributed by atoms with Gasteiger partial charge in [-0.25, -0.2) is 14.8 Å². The highest BCUT2D eigenvalue weighted by molar-refractivity contribution is 14.0. The number of guanidine groups is 1. The molecule has 1 aliphatic rings. The van der Waals surface area contributed by atoms with Crippen molar-refractivity contribution in [2.45, 2.75) is 66.5 Å². The monoisotopic (exact) mass is 537 g/mol. The number of nitrogens with one attached hydrogen (secondary N) is 2. The first-order valence-corrected chi connectivity index (χ1v) is 10.9. The second-order valence-corrected chi connectivity index (χ2v) is 9.52. The summed E-state index contributed by atoms with van der Waals surface area (Å²) in [4.78, 5) is 24.4. The average Bonchev–Trinajstić information content (AvgIpc) is 2.94. The standard InChI is InChI=1S/C20H35N5O2S.HI/c1-7-21-18(23-13-17-24-14(2)15(3)28-17)22-12-16-8-10-25(11-9-16)19(26)27-20(4,5)6;/h16H,7-13H2,1-6H3,(H2,21,22,23);1H. The zero-order valence-corrected chi connectivity index (χ0v) is 21.6. The van der Waals surface area contributed by atoms with Crippen molar-refractivity contribution in [2.75, 3.05) is 26.2 Å². The van der Waals surface area contributed by atoms with Crippen LogP contribution in [0.5, 0.6) is 0 Å². The van der Waals surface area contributed by atoms with E-state index in [9.17, 15) is 4.79 Å². The molecule has 1 aromatic rings. The van der Waals surface area contributed by atoms with Crippen molar-refractivity contribution in [2.24, 2.45) is 10.9 Å². The van der Waals surface area contributed by atoms with E-state index >= 15 is 0 Å². The highest BCUT2D eigenvalue weighted by Crippen LogP contribution is 2.19. The number of amides is 1. The van der Waals surface area contributed by atoms with Gasteiger partial charge in [0.1, 0.15) is 10.6 Å². The smallest absolute Gasteiger partial charge is 0.410 e. The summed E-state index contributed by atoms with van der Waals surface area (Å²) in [6, 6.07) is 0. The Balaban J connectivity index is 0.00000420. The van der Waals surface area contributed by atoms with E-state index in [0.717, 1.165) is 55.7 Å². The normalized spacial score (nSPS) is 15.7. The molecule has 0 spiro atoms. The molecule has 1 fully saturated rings. The van der Waals surface area contributed by atoms with E-state index in [4.69, 9.17) is 4.74 Å². The molecule has 1 aliphatic heterocycles. The first-order valence-electron chi connectivity index (χ1n) is 10.1. The largest absolute Gasteiger partial charge is 0.444 e. The second kappa shape index (κ2) is 11.9.